The van der Waals surface area contributed by atoms with Crippen LogP contribution in [0.2, 0.25) is 0 Å². The van der Waals surface area contributed by atoms with E-state index < -0.39 is 6.09 Å². The van der Waals surface area contributed by atoms with Gasteiger partial charge < -0.3 is 10.1 Å². The molecule has 3 nitrogen and oxygen atoms in total. The molecular formula is C19H20BrNO2. The molecule has 0 radical (unpaired) electrons. The number of halogens is 1. The lowest BCUT2D eigenvalue weighted by molar-refractivity contribution is 0.140. The predicted octanol–water partition coefficient (Wildman–Crippen LogP) is 5.09. The van der Waals surface area contributed by atoms with Crippen LogP contribution in [0.25, 0.3) is 6.08 Å². The van der Waals surface area contributed by atoms with Crippen molar-refractivity contribution in [1.29, 1.82) is 0 Å². The zero-order chi connectivity index (χ0) is 16.5. The molecule has 0 saturated carbocycles. The van der Waals surface area contributed by atoms with Gasteiger partial charge in [-0.05, 0) is 36.1 Å². The highest BCUT2D eigenvalue weighted by molar-refractivity contribution is 9.10. The SMILES string of the molecule is Cc1ccc(C=CCCNC(=O)OCc2ccccc2)c(Br)c1. The van der Waals surface area contributed by atoms with E-state index in [4.69, 9.17) is 4.74 Å². The molecule has 0 unspecified atom stereocenters. The maximum Gasteiger partial charge on any atom is 0.407 e. The average Bonchev–Trinajstić information content (AvgIpc) is 2.55. The number of nitrogens with one attached hydrogen (secondary N) is 1. The van der Waals surface area contributed by atoms with Gasteiger partial charge in [0.25, 0.3) is 0 Å². The molecule has 2 aromatic carbocycles. The lowest BCUT2D eigenvalue weighted by Crippen LogP contribution is -2.24. The first-order valence-corrected chi connectivity index (χ1v) is 8.31. The second-order valence-corrected chi connectivity index (χ2v) is 6.06. The third-order valence-electron chi connectivity index (χ3n) is 3.25. The van der Waals surface area contributed by atoms with Gasteiger partial charge in [-0.25, -0.2) is 4.79 Å². The molecule has 0 heterocycles. The number of hydrogen-bond acceptors (Lipinski definition) is 2. The van der Waals surface area contributed by atoms with Crippen molar-refractivity contribution in [2.45, 2.75) is 20.0 Å². The fourth-order valence-electron chi connectivity index (χ4n) is 2.01. The summed E-state index contributed by atoms with van der Waals surface area (Å²) in [5, 5.41) is 2.74. The van der Waals surface area contributed by atoms with Crippen molar-refractivity contribution in [3.63, 3.8) is 0 Å². The lowest BCUT2D eigenvalue weighted by atomic mass is 10.1. The molecule has 0 aliphatic heterocycles. The Hall–Kier alpha value is -2.07. The van der Waals surface area contributed by atoms with Crippen LogP contribution in [0.3, 0.4) is 0 Å². The van der Waals surface area contributed by atoms with E-state index >= 15 is 0 Å². The van der Waals surface area contributed by atoms with Crippen molar-refractivity contribution in [3.8, 4) is 0 Å². The summed E-state index contributed by atoms with van der Waals surface area (Å²) in [5.74, 6) is 0. The molecule has 23 heavy (non-hydrogen) atoms. The van der Waals surface area contributed by atoms with E-state index in [9.17, 15) is 4.79 Å². The van der Waals surface area contributed by atoms with Gasteiger partial charge in [0.05, 0.1) is 0 Å². The molecule has 2 rings (SSSR count). The Kier molecular flexibility index (Phi) is 6.88. The quantitative estimate of drug-likeness (QED) is 0.716. The number of carbonyl (C=O) groups is 1. The summed E-state index contributed by atoms with van der Waals surface area (Å²) in [4.78, 5) is 11.6. The van der Waals surface area contributed by atoms with Gasteiger partial charge in [0.15, 0.2) is 0 Å². The van der Waals surface area contributed by atoms with Crippen molar-refractivity contribution in [3.05, 3.63) is 75.8 Å². The van der Waals surface area contributed by atoms with Crippen LogP contribution in [0.5, 0.6) is 0 Å². The van der Waals surface area contributed by atoms with E-state index in [1.807, 2.05) is 42.5 Å². The predicted molar refractivity (Wildman–Crippen MR) is 97.2 cm³/mol. The summed E-state index contributed by atoms with van der Waals surface area (Å²) < 4.78 is 6.22. The van der Waals surface area contributed by atoms with Crippen LogP contribution in [-0.2, 0) is 11.3 Å². The van der Waals surface area contributed by atoms with E-state index in [0.29, 0.717) is 13.2 Å². The Labute approximate surface area is 145 Å². The van der Waals surface area contributed by atoms with Gasteiger partial charge in [0.2, 0.25) is 0 Å². The number of amides is 1. The zero-order valence-corrected chi connectivity index (χ0v) is 14.7. The maximum atomic E-state index is 11.6. The van der Waals surface area contributed by atoms with Gasteiger partial charge in [0.1, 0.15) is 6.61 Å². The van der Waals surface area contributed by atoms with Gasteiger partial charge in [-0.3, -0.25) is 0 Å². The molecule has 0 saturated heterocycles. The number of hydrogen-bond donors (Lipinski definition) is 1. The van der Waals surface area contributed by atoms with Crippen LogP contribution in [0.15, 0.2) is 59.1 Å². The highest BCUT2D eigenvalue weighted by Gasteiger charge is 2.01. The van der Waals surface area contributed by atoms with E-state index in [2.05, 4.69) is 46.4 Å². The molecule has 4 heteroatoms. The molecule has 1 N–H and O–H groups in total. The number of carbonyl (C=O) groups excluding carboxylic acids is 1. The summed E-state index contributed by atoms with van der Waals surface area (Å²) >= 11 is 3.54. The standard InChI is InChI=1S/C19H20BrNO2/c1-15-10-11-17(18(20)13-15)9-5-6-12-21-19(22)23-14-16-7-3-2-4-8-16/h2-5,7-11,13H,6,12,14H2,1H3,(H,21,22). The molecule has 0 fully saturated rings. The van der Waals surface area contributed by atoms with Crippen molar-refractivity contribution in [2.24, 2.45) is 0 Å². The van der Waals surface area contributed by atoms with Gasteiger partial charge in [-0.15, -0.1) is 0 Å². The minimum Gasteiger partial charge on any atom is -0.445 e. The summed E-state index contributed by atoms with van der Waals surface area (Å²) in [6.07, 6.45) is 4.44. The molecule has 0 spiro atoms. The molecule has 0 atom stereocenters. The largest absolute Gasteiger partial charge is 0.445 e. The molecule has 1 amide bonds. The summed E-state index contributed by atoms with van der Waals surface area (Å²) in [5.41, 5.74) is 3.32. The van der Waals surface area contributed by atoms with E-state index in [0.717, 1.165) is 22.0 Å². The molecular weight excluding hydrogens is 354 g/mol. The van der Waals surface area contributed by atoms with Crippen molar-refractivity contribution >= 4 is 28.1 Å². The topological polar surface area (TPSA) is 38.3 Å². The van der Waals surface area contributed by atoms with Crippen LogP contribution < -0.4 is 5.32 Å². The third kappa shape index (κ3) is 6.28. The van der Waals surface area contributed by atoms with Crippen LogP contribution in [0, 0.1) is 6.92 Å². The second-order valence-electron chi connectivity index (χ2n) is 5.20. The van der Waals surface area contributed by atoms with Crippen LogP contribution >= 0.6 is 15.9 Å². The van der Waals surface area contributed by atoms with E-state index in [1.165, 1.54) is 5.56 Å². The van der Waals surface area contributed by atoms with Crippen molar-refractivity contribution in [1.82, 2.24) is 5.32 Å². The first kappa shape index (κ1) is 17.3. The highest BCUT2D eigenvalue weighted by atomic mass is 79.9. The normalized spacial score (nSPS) is 10.7. The molecule has 0 aliphatic carbocycles. The summed E-state index contributed by atoms with van der Waals surface area (Å²) in [6.45, 7) is 2.90. The Morgan fingerprint density at radius 1 is 1.22 bits per heavy atom. The van der Waals surface area contributed by atoms with Gasteiger partial charge in [-0.1, -0.05) is 70.5 Å². The monoisotopic (exact) mass is 373 g/mol. The molecule has 2 aromatic rings. The minimum atomic E-state index is -0.390. The van der Waals surface area contributed by atoms with Gasteiger partial charge in [0, 0.05) is 11.0 Å². The van der Waals surface area contributed by atoms with Crippen molar-refractivity contribution < 1.29 is 9.53 Å². The van der Waals surface area contributed by atoms with Crippen LogP contribution in [-0.4, -0.2) is 12.6 Å². The van der Waals surface area contributed by atoms with Crippen LogP contribution in [0.4, 0.5) is 4.79 Å². The van der Waals surface area contributed by atoms with Crippen molar-refractivity contribution in [2.75, 3.05) is 6.54 Å². The molecule has 0 aliphatic rings. The summed E-state index contributed by atoms with van der Waals surface area (Å²) in [7, 11) is 0. The first-order valence-electron chi connectivity index (χ1n) is 7.52. The Balaban J connectivity index is 1.66. The fraction of sp³-hybridized carbons (Fsp3) is 0.211. The highest BCUT2D eigenvalue weighted by Crippen LogP contribution is 2.19. The lowest BCUT2D eigenvalue weighted by Gasteiger charge is -2.06. The van der Waals surface area contributed by atoms with Gasteiger partial charge in [-0.2, -0.15) is 0 Å². The maximum absolute atomic E-state index is 11.6. The van der Waals surface area contributed by atoms with E-state index in [-0.39, 0.29) is 0 Å². The molecule has 0 aromatic heterocycles. The number of rotatable bonds is 6. The minimum absolute atomic E-state index is 0.291. The Bertz CT molecular complexity index is 668. The fourth-order valence-corrected chi connectivity index (χ4v) is 2.63. The van der Waals surface area contributed by atoms with Gasteiger partial charge >= 0.3 is 6.09 Å². The van der Waals surface area contributed by atoms with E-state index in [1.54, 1.807) is 0 Å². The number of ether oxygens (including phenoxy) is 1. The zero-order valence-electron chi connectivity index (χ0n) is 13.1. The average molecular weight is 374 g/mol. The number of aryl methyl sites for hydroxylation is 1. The van der Waals surface area contributed by atoms with Crippen LogP contribution in [0.1, 0.15) is 23.1 Å². The number of benzene rings is 2. The smallest absolute Gasteiger partial charge is 0.407 e. The first-order chi connectivity index (χ1) is 11.1. The summed E-state index contributed by atoms with van der Waals surface area (Å²) in [6, 6.07) is 15.8. The Morgan fingerprint density at radius 2 is 2.00 bits per heavy atom. The Morgan fingerprint density at radius 3 is 2.74 bits per heavy atom. The number of alkyl carbamates (subject to hydrolysis) is 1. The molecule has 120 valence electrons. The molecule has 0 bridgehead atoms. The third-order valence-corrected chi connectivity index (χ3v) is 3.93. The second kappa shape index (κ2) is 9.16.